The molecule has 0 aromatic heterocycles. The Morgan fingerprint density at radius 1 is 1.11 bits per heavy atom. The number of ether oxygens (including phenoxy) is 2. The van der Waals surface area contributed by atoms with E-state index in [0.29, 0.717) is 12.5 Å². The summed E-state index contributed by atoms with van der Waals surface area (Å²) in [4.78, 5) is 0. The van der Waals surface area contributed by atoms with Crippen LogP contribution in [0.15, 0.2) is 24.3 Å². The van der Waals surface area contributed by atoms with Crippen LogP contribution >= 0.6 is 12.4 Å². The first kappa shape index (κ1) is 26.2. The fourth-order valence-corrected chi connectivity index (χ4v) is 3.31. The topological polar surface area (TPSA) is 50.7 Å². The van der Waals surface area contributed by atoms with Crippen LogP contribution in [0.1, 0.15) is 65.9 Å². The van der Waals surface area contributed by atoms with Gasteiger partial charge in [-0.2, -0.15) is 0 Å². The van der Waals surface area contributed by atoms with E-state index < -0.39 is 6.10 Å². The molecule has 0 amide bonds. The maximum absolute atomic E-state index is 10.1. The molecule has 0 bridgehead atoms. The van der Waals surface area contributed by atoms with Crippen molar-refractivity contribution in [3.8, 4) is 5.75 Å². The van der Waals surface area contributed by atoms with Gasteiger partial charge in [-0.3, -0.25) is 5.32 Å². The second-order valence-electron chi connectivity index (χ2n) is 7.94. The zero-order valence-electron chi connectivity index (χ0n) is 18.0. The predicted molar refractivity (Wildman–Crippen MR) is 116 cm³/mol. The van der Waals surface area contributed by atoms with Crippen molar-refractivity contribution >= 4 is 12.4 Å². The van der Waals surface area contributed by atoms with E-state index in [1.807, 2.05) is 12.1 Å². The van der Waals surface area contributed by atoms with Gasteiger partial charge in [0.1, 0.15) is 12.0 Å². The Hall–Kier alpha value is -0.810. The van der Waals surface area contributed by atoms with E-state index in [1.165, 1.54) is 24.8 Å². The van der Waals surface area contributed by atoms with Gasteiger partial charge in [-0.05, 0) is 57.2 Å². The molecule has 2 unspecified atom stereocenters. The number of methoxy groups -OCH3 is 1. The number of hydrogen-bond donors (Lipinski definition) is 2. The number of rotatable bonds is 13. The number of halogens is 1. The Kier molecular flexibility index (Phi) is 13.0. The lowest BCUT2D eigenvalue weighted by Crippen LogP contribution is -2.52. The first-order valence-electron chi connectivity index (χ1n) is 10.0. The first-order valence-corrected chi connectivity index (χ1v) is 10.0. The zero-order chi connectivity index (χ0) is 19.6. The van der Waals surface area contributed by atoms with Gasteiger partial charge in [0.25, 0.3) is 0 Å². The van der Waals surface area contributed by atoms with E-state index in [2.05, 4.69) is 45.1 Å². The van der Waals surface area contributed by atoms with E-state index in [-0.39, 0.29) is 24.2 Å². The van der Waals surface area contributed by atoms with Crippen molar-refractivity contribution in [1.29, 1.82) is 0 Å². The molecular formula is C22H40ClNO3. The lowest BCUT2D eigenvalue weighted by molar-refractivity contribution is -0.0654. The third-order valence-corrected chi connectivity index (χ3v) is 4.87. The number of aliphatic hydroxyl groups excluding tert-OH is 1. The van der Waals surface area contributed by atoms with Crippen LogP contribution in [0, 0.1) is 5.92 Å². The Bertz CT molecular complexity index is 491. The van der Waals surface area contributed by atoms with Crippen molar-refractivity contribution in [2.45, 2.75) is 84.6 Å². The van der Waals surface area contributed by atoms with Crippen LogP contribution in [0.2, 0.25) is 0 Å². The maximum atomic E-state index is 10.1. The maximum Gasteiger partial charge on any atom is 0.134 e. The molecule has 0 spiro atoms. The molecule has 1 rings (SSSR count). The summed E-state index contributed by atoms with van der Waals surface area (Å²) in [5.41, 5.74) is 1.03. The normalized spacial score (nSPS) is 14.9. The molecule has 158 valence electrons. The average Bonchev–Trinajstić information content (AvgIpc) is 2.60. The summed E-state index contributed by atoms with van der Waals surface area (Å²) in [6.45, 7) is 11.2. The van der Waals surface area contributed by atoms with Crippen LogP contribution in [-0.4, -0.2) is 36.7 Å². The smallest absolute Gasteiger partial charge is 0.134 e. The fraction of sp³-hybridized carbons (Fsp3) is 0.727. The molecular weight excluding hydrogens is 362 g/mol. The zero-order valence-corrected chi connectivity index (χ0v) is 18.8. The van der Waals surface area contributed by atoms with E-state index in [9.17, 15) is 5.11 Å². The van der Waals surface area contributed by atoms with Crippen LogP contribution < -0.4 is 10.1 Å². The Labute approximate surface area is 172 Å². The SMILES string of the molecule is CCCC(CC)CCO[C@H](NC(C)(C)Cc1ccc(OC)cc1)C(C)O.Cl. The molecule has 0 aliphatic rings. The van der Waals surface area contributed by atoms with Crippen molar-refractivity contribution in [2.75, 3.05) is 13.7 Å². The summed E-state index contributed by atoms with van der Waals surface area (Å²) in [6.07, 6.45) is 4.62. The van der Waals surface area contributed by atoms with E-state index in [1.54, 1.807) is 14.0 Å². The first-order chi connectivity index (χ1) is 12.3. The van der Waals surface area contributed by atoms with Crippen LogP contribution in [0.3, 0.4) is 0 Å². The Morgan fingerprint density at radius 2 is 1.74 bits per heavy atom. The third-order valence-electron chi connectivity index (χ3n) is 4.87. The van der Waals surface area contributed by atoms with Crippen LogP contribution in [0.4, 0.5) is 0 Å². The van der Waals surface area contributed by atoms with Gasteiger partial charge in [-0.1, -0.05) is 45.2 Å². The summed E-state index contributed by atoms with van der Waals surface area (Å²) < 4.78 is 11.2. The van der Waals surface area contributed by atoms with Gasteiger partial charge in [-0.25, -0.2) is 0 Å². The summed E-state index contributed by atoms with van der Waals surface area (Å²) in [5, 5.41) is 13.6. The van der Waals surface area contributed by atoms with Crippen molar-refractivity contribution in [3.05, 3.63) is 29.8 Å². The van der Waals surface area contributed by atoms with E-state index >= 15 is 0 Å². The van der Waals surface area contributed by atoms with Gasteiger partial charge in [-0.15, -0.1) is 12.4 Å². The minimum atomic E-state index is -0.559. The summed E-state index contributed by atoms with van der Waals surface area (Å²) >= 11 is 0. The molecule has 1 aromatic carbocycles. The molecule has 0 aliphatic heterocycles. The molecule has 0 heterocycles. The average molecular weight is 402 g/mol. The van der Waals surface area contributed by atoms with E-state index in [4.69, 9.17) is 9.47 Å². The highest BCUT2D eigenvalue weighted by Crippen LogP contribution is 2.19. The monoisotopic (exact) mass is 401 g/mol. The minimum absolute atomic E-state index is 0. The predicted octanol–water partition coefficient (Wildman–Crippen LogP) is 4.97. The minimum Gasteiger partial charge on any atom is -0.497 e. The molecule has 3 atom stereocenters. The van der Waals surface area contributed by atoms with Gasteiger partial charge < -0.3 is 14.6 Å². The van der Waals surface area contributed by atoms with Gasteiger partial charge in [0.05, 0.1) is 13.2 Å². The van der Waals surface area contributed by atoms with Gasteiger partial charge >= 0.3 is 0 Å². The van der Waals surface area contributed by atoms with Crippen molar-refractivity contribution < 1.29 is 14.6 Å². The molecule has 0 aliphatic carbocycles. The second kappa shape index (κ2) is 13.4. The molecule has 0 fully saturated rings. The van der Waals surface area contributed by atoms with E-state index in [0.717, 1.165) is 18.6 Å². The molecule has 0 saturated heterocycles. The van der Waals surface area contributed by atoms with Crippen LogP contribution in [-0.2, 0) is 11.2 Å². The van der Waals surface area contributed by atoms with Gasteiger partial charge in [0, 0.05) is 12.1 Å². The molecule has 2 N–H and O–H groups in total. The molecule has 0 saturated carbocycles. The number of nitrogens with one attached hydrogen (secondary N) is 1. The van der Waals surface area contributed by atoms with Crippen molar-refractivity contribution in [3.63, 3.8) is 0 Å². The Balaban J connectivity index is 0.00000676. The lowest BCUT2D eigenvalue weighted by Gasteiger charge is -2.34. The quantitative estimate of drug-likeness (QED) is 0.458. The van der Waals surface area contributed by atoms with Crippen LogP contribution in [0.5, 0.6) is 5.75 Å². The molecule has 1 aromatic rings. The molecule has 4 nitrogen and oxygen atoms in total. The van der Waals surface area contributed by atoms with Crippen LogP contribution in [0.25, 0.3) is 0 Å². The fourth-order valence-electron chi connectivity index (χ4n) is 3.31. The molecule has 27 heavy (non-hydrogen) atoms. The molecule has 0 radical (unpaired) electrons. The third kappa shape index (κ3) is 10.3. The standard InChI is InChI=1S/C22H39NO3.ClH/c1-7-9-18(8-2)14-15-26-21(17(3)24)23-22(4,5)16-19-10-12-20(25-6)13-11-19;/h10-13,17-18,21,23-24H,7-9,14-16H2,1-6H3;1H/t17?,18?,21-;/m0./s1. The summed E-state index contributed by atoms with van der Waals surface area (Å²) in [5.74, 6) is 1.57. The number of benzene rings is 1. The second-order valence-corrected chi connectivity index (χ2v) is 7.94. The number of aliphatic hydroxyl groups is 1. The van der Waals surface area contributed by atoms with Crippen molar-refractivity contribution in [1.82, 2.24) is 5.32 Å². The highest BCUT2D eigenvalue weighted by molar-refractivity contribution is 5.85. The molecule has 5 heteroatoms. The lowest BCUT2D eigenvalue weighted by atomic mass is 9.94. The highest BCUT2D eigenvalue weighted by Gasteiger charge is 2.26. The largest absolute Gasteiger partial charge is 0.497 e. The summed E-state index contributed by atoms with van der Waals surface area (Å²) in [7, 11) is 1.68. The van der Waals surface area contributed by atoms with Gasteiger partial charge in [0.2, 0.25) is 0 Å². The number of hydrogen-bond acceptors (Lipinski definition) is 4. The van der Waals surface area contributed by atoms with Crippen molar-refractivity contribution in [2.24, 2.45) is 5.92 Å². The highest BCUT2D eigenvalue weighted by atomic mass is 35.5. The summed E-state index contributed by atoms with van der Waals surface area (Å²) in [6, 6.07) is 8.12. The van der Waals surface area contributed by atoms with Gasteiger partial charge in [0.15, 0.2) is 0 Å². The Morgan fingerprint density at radius 3 is 2.22 bits per heavy atom.